The molecule has 0 bridgehead atoms. The fourth-order valence-corrected chi connectivity index (χ4v) is 4.04. The number of sulfonamides is 1. The molecule has 1 fully saturated rings. The Morgan fingerprint density at radius 3 is 2.53 bits per heavy atom. The third kappa shape index (κ3) is 2.20. The van der Waals surface area contributed by atoms with Crippen LogP contribution in [0.4, 0.5) is 0 Å². The third-order valence-electron chi connectivity index (χ3n) is 2.87. The van der Waals surface area contributed by atoms with Crippen molar-refractivity contribution in [2.45, 2.75) is 24.3 Å². The van der Waals surface area contributed by atoms with Gasteiger partial charge in [0.05, 0.1) is 10.5 Å². The summed E-state index contributed by atoms with van der Waals surface area (Å²) >= 11 is 5.91. The molecular formula is C11H14ClNO3S. The van der Waals surface area contributed by atoms with Gasteiger partial charge < -0.3 is 5.11 Å². The number of rotatable bonds is 2. The van der Waals surface area contributed by atoms with Crippen LogP contribution in [0, 0.1) is 6.92 Å². The first-order chi connectivity index (χ1) is 7.74. The lowest BCUT2D eigenvalue weighted by atomic mass is 10.0. The monoisotopic (exact) mass is 275 g/mol. The second-order valence-electron chi connectivity index (χ2n) is 4.63. The maximum absolute atomic E-state index is 12.2. The van der Waals surface area contributed by atoms with E-state index in [-0.39, 0.29) is 18.0 Å². The van der Waals surface area contributed by atoms with E-state index in [9.17, 15) is 13.5 Å². The Hall–Kier alpha value is -0.620. The molecule has 1 heterocycles. The quantitative estimate of drug-likeness (QED) is 0.888. The zero-order chi connectivity index (χ0) is 12.8. The van der Waals surface area contributed by atoms with E-state index < -0.39 is 15.6 Å². The van der Waals surface area contributed by atoms with Crippen LogP contribution in [0.5, 0.6) is 0 Å². The molecule has 0 aromatic heterocycles. The van der Waals surface area contributed by atoms with Crippen molar-refractivity contribution in [3.8, 4) is 0 Å². The van der Waals surface area contributed by atoms with Crippen LogP contribution in [0.25, 0.3) is 0 Å². The Labute approximate surface area is 106 Å². The van der Waals surface area contributed by atoms with Crippen molar-refractivity contribution in [2.24, 2.45) is 0 Å². The molecule has 1 aromatic carbocycles. The first-order valence-corrected chi connectivity index (χ1v) is 7.03. The first kappa shape index (κ1) is 12.8. The Kier molecular flexibility index (Phi) is 2.98. The van der Waals surface area contributed by atoms with Gasteiger partial charge in [-0.15, -0.1) is 0 Å². The molecule has 0 unspecified atom stereocenters. The van der Waals surface area contributed by atoms with E-state index >= 15 is 0 Å². The van der Waals surface area contributed by atoms with E-state index in [1.54, 1.807) is 26.0 Å². The van der Waals surface area contributed by atoms with Crippen LogP contribution in [-0.2, 0) is 10.0 Å². The van der Waals surface area contributed by atoms with E-state index in [2.05, 4.69) is 0 Å². The van der Waals surface area contributed by atoms with Gasteiger partial charge in [0.25, 0.3) is 0 Å². The molecule has 94 valence electrons. The lowest BCUT2D eigenvalue weighted by Crippen LogP contribution is -2.61. The molecule has 4 nitrogen and oxygen atoms in total. The largest absolute Gasteiger partial charge is 0.387 e. The lowest BCUT2D eigenvalue weighted by Gasteiger charge is -2.43. The van der Waals surface area contributed by atoms with E-state index in [0.29, 0.717) is 10.6 Å². The number of hydrogen-bond donors (Lipinski definition) is 1. The minimum absolute atomic E-state index is 0.126. The summed E-state index contributed by atoms with van der Waals surface area (Å²) in [6.45, 7) is 3.54. The average Bonchev–Trinajstić information content (AvgIpc) is 2.18. The second-order valence-corrected chi connectivity index (χ2v) is 6.95. The summed E-state index contributed by atoms with van der Waals surface area (Å²) in [6, 6.07) is 4.80. The van der Waals surface area contributed by atoms with Gasteiger partial charge in [-0.2, -0.15) is 4.31 Å². The predicted octanol–water partition coefficient (Wildman–Crippen LogP) is 1.40. The van der Waals surface area contributed by atoms with Gasteiger partial charge in [0, 0.05) is 18.1 Å². The van der Waals surface area contributed by atoms with Gasteiger partial charge in [-0.3, -0.25) is 0 Å². The number of halogens is 1. The normalized spacial score (nSPS) is 20.0. The molecule has 6 heteroatoms. The minimum atomic E-state index is -3.54. The number of hydrogen-bond acceptors (Lipinski definition) is 3. The standard InChI is InChI=1S/C11H14ClNO3S/c1-8-9(12)4-3-5-10(8)17(15,16)13-6-11(2,14)7-13/h3-5,14H,6-7H2,1-2H3. The summed E-state index contributed by atoms with van der Waals surface area (Å²) in [6.07, 6.45) is 0. The van der Waals surface area contributed by atoms with Crippen molar-refractivity contribution in [3.05, 3.63) is 28.8 Å². The van der Waals surface area contributed by atoms with E-state index in [1.165, 1.54) is 10.4 Å². The molecule has 0 saturated carbocycles. The molecule has 1 aliphatic heterocycles. The predicted molar refractivity (Wildman–Crippen MR) is 65.6 cm³/mol. The van der Waals surface area contributed by atoms with Gasteiger partial charge in [-0.05, 0) is 31.5 Å². The molecule has 2 rings (SSSR count). The molecule has 1 aromatic rings. The highest BCUT2D eigenvalue weighted by atomic mass is 35.5. The summed E-state index contributed by atoms with van der Waals surface area (Å²) in [4.78, 5) is 0.209. The average molecular weight is 276 g/mol. The van der Waals surface area contributed by atoms with Crippen molar-refractivity contribution in [3.63, 3.8) is 0 Å². The number of benzene rings is 1. The van der Waals surface area contributed by atoms with Crippen LogP contribution in [0.2, 0.25) is 5.02 Å². The van der Waals surface area contributed by atoms with Crippen molar-refractivity contribution in [1.82, 2.24) is 4.31 Å². The highest BCUT2D eigenvalue weighted by Crippen LogP contribution is 2.31. The SMILES string of the molecule is Cc1c(Cl)cccc1S(=O)(=O)N1CC(C)(O)C1. The lowest BCUT2D eigenvalue weighted by molar-refractivity contribution is -0.0426. The van der Waals surface area contributed by atoms with E-state index in [0.717, 1.165) is 0 Å². The van der Waals surface area contributed by atoms with Gasteiger partial charge in [-0.25, -0.2) is 8.42 Å². The Morgan fingerprint density at radius 2 is 2.00 bits per heavy atom. The molecule has 17 heavy (non-hydrogen) atoms. The maximum atomic E-state index is 12.2. The van der Waals surface area contributed by atoms with Crippen molar-refractivity contribution < 1.29 is 13.5 Å². The molecule has 1 N–H and O–H groups in total. The molecule has 0 aliphatic carbocycles. The van der Waals surface area contributed by atoms with Gasteiger partial charge in [0.15, 0.2) is 0 Å². The zero-order valence-corrected chi connectivity index (χ0v) is 11.2. The topological polar surface area (TPSA) is 57.6 Å². The smallest absolute Gasteiger partial charge is 0.243 e. The van der Waals surface area contributed by atoms with E-state index in [1.807, 2.05) is 0 Å². The molecule has 0 atom stereocenters. The number of aliphatic hydroxyl groups is 1. The third-order valence-corrected chi connectivity index (χ3v) is 5.22. The molecule has 0 amide bonds. The Bertz CT molecular complexity index is 546. The van der Waals surface area contributed by atoms with Crippen molar-refractivity contribution in [2.75, 3.05) is 13.1 Å². The summed E-state index contributed by atoms with van der Waals surface area (Å²) < 4.78 is 25.7. The highest BCUT2D eigenvalue weighted by molar-refractivity contribution is 7.89. The van der Waals surface area contributed by atoms with E-state index in [4.69, 9.17) is 11.6 Å². The number of β-amino-alcohol motifs (C(OH)–C–C–N with tert-alkyl or cyclic N) is 1. The van der Waals surface area contributed by atoms with Crippen LogP contribution >= 0.6 is 11.6 Å². The molecule has 1 saturated heterocycles. The van der Waals surface area contributed by atoms with Gasteiger partial charge in [-0.1, -0.05) is 17.7 Å². The van der Waals surface area contributed by atoms with Crippen LogP contribution < -0.4 is 0 Å². The molecule has 0 spiro atoms. The summed E-state index contributed by atoms with van der Waals surface area (Å²) in [5.41, 5.74) is -0.375. The van der Waals surface area contributed by atoms with Gasteiger partial charge in [0.2, 0.25) is 10.0 Å². The first-order valence-electron chi connectivity index (χ1n) is 5.22. The Balaban J connectivity index is 2.37. The number of nitrogens with zero attached hydrogens (tertiary/aromatic N) is 1. The van der Waals surface area contributed by atoms with Gasteiger partial charge in [0.1, 0.15) is 0 Å². The molecular weight excluding hydrogens is 262 g/mol. The zero-order valence-electron chi connectivity index (χ0n) is 9.64. The Morgan fingerprint density at radius 1 is 1.41 bits per heavy atom. The summed E-state index contributed by atoms with van der Waals surface area (Å²) in [5, 5.41) is 10.0. The second kappa shape index (κ2) is 3.95. The fourth-order valence-electron chi connectivity index (χ4n) is 1.89. The molecule has 0 radical (unpaired) electrons. The van der Waals surface area contributed by atoms with Crippen LogP contribution in [0.3, 0.4) is 0 Å². The van der Waals surface area contributed by atoms with Crippen molar-refractivity contribution >= 4 is 21.6 Å². The van der Waals surface area contributed by atoms with Crippen LogP contribution in [0.15, 0.2) is 23.1 Å². The van der Waals surface area contributed by atoms with Gasteiger partial charge >= 0.3 is 0 Å². The minimum Gasteiger partial charge on any atom is -0.387 e. The van der Waals surface area contributed by atoms with Crippen molar-refractivity contribution in [1.29, 1.82) is 0 Å². The maximum Gasteiger partial charge on any atom is 0.243 e. The van der Waals surface area contributed by atoms with Crippen LogP contribution in [0.1, 0.15) is 12.5 Å². The summed E-state index contributed by atoms with van der Waals surface area (Å²) in [7, 11) is -3.54. The fraction of sp³-hybridized carbons (Fsp3) is 0.455. The highest BCUT2D eigenvalue weighted by Gasteiger charge is 2.44. The summed E-state index contributed by atoms with van der Waals surface area (Å²) in [5.74, 6) is 0. The van der Waals surface area contributed by atoms with Crippen LogP contribution in [-0.4, -0.2) is 36.5 Å². The molecule has 1 aliphatic rings.